The second-order valence-corrected chi connectivity index (χ2v) is 3.88. The van der Waals surface area contributed by atoms with E-state index in [1.54, 1.807) is 6.92 Å². The van der Waals surface area contributed by atoms with Crippen LogP contribution in [0.4, 0.5) is 20.2 Å². The average molecular weight is 288 g/mol. The molecule has 0 unspecified atom stereocenters. The van der Waals surface area contributed by atoms with Gasteiger partial charge in [-0.25, -0.2) is 8.78 Å². The summed E-state index contributed by atoms with van der Waals surface area (Å²) in [5.74, 6) is -2.49. The molecule has 0 bridgehead atoms. The first-order valence-electron chi connectivity index (χ1n) is 5.98. The molecule has 0 amide bonds. The summed E-state index contributed by atoms with van der Waals surface area (Å²) in [5, 5.41) is 12.9. The van der Waals surface area contributed by atoms with Crippen molar-refractivity contribution in [2.75, 3.05) is 18.5 Å². The topological polar surface area (TPSA) is 81.5 Å². The Hall–Kier alpha value is -2.25. The van der Waals surface area contributed by atoms with Gasteiger partial charge in [-0.1, -0.05) is 0 Å². The Morgan fingerprint density at radius 2 is 2.00 bits per heavy atom. The van der Waals surface area contributed by atoms with Crippen LogP contribution in [0.5, 0.6) is 0 Å². The maximum Gasteiger partial charge on any atom is 0.305 e. The molecule has 0 saturated carbocycles. The first-order chi connectivity index (χ1) is 9.45. The van der Waals surface area contributed by atoms with E-state index in [2.05, 4.69) is 5.32 Å². The largest absolute Gasteiger partial charge is 0.466 e. The van der Waals surface area contributed by atoms with E-state index < -0.39 is 27.9 Å². The maximum atomic E-state index is 13.5. The van der Waals surface area contributed by atoms with Crippen molar-refractivity contribution in [1.82, 2.24) is 0 Å². The van der Waals surface area contributed by atoms with Gasteiger partial charge in [0.05, 0.1) is 23.7 Å². The fourth-order valence-electron chi connectivity index (χ4n) is 1.51. The summed E-state index contributed by atoms with van der Waals surface area (Å²) in [6.45, 7) is 2.10. The van der Waals surface area contributed by atoms with E-state index in [0.29, 0.717) is 18.6 Å². The van der Waals surface area contributed by atoms with Crippen LogP contribution in [-0.2, 0) is 9.53 Å². The molecule has 0 aromatic heterocycles. The highest BCUT2D eigenvalue weighted by Gasteiger charge is 2.16. The molecule has 6 nitrogen and oxygen atoms in total. The number of rotatable bonds is 7. The van der Waals surface area contributed by atoms with Crippen LogP contribution in [-0.4, -0.2) is 24.0 Å². The number of non-ortho nitro benzene ring substituents is 1. The molecule has 0 aliphatic rings. The number of ether oxygens (including phenoxy) is 1. The van der Waals surface area contributed by atoms with Gasteiger partial charge in [0.15, 0.2) is 11.6 Å². The summed E-state index contributed by atoms with van der Waals surface area (Å²) in [5.41, 5.74) is -1.10. The van der Waals surface area contributed by atoms with Crippen molar-refractivity contribution in [3.05, 3.63) is 33.9 Å². The zero-order valence-electron chi connectivity index (χ0n) is 10.8. The molecular weight excluding hydrogens is 274 g/mol. The molecule has 8 heteroatoms. The van der Waals surface area contributed by atoms with E-state index in [4.69, 9.17) is 4.74 Å². The molecule has 0 aliphatic heterocycles. The van der Waals surface area contributed by atoms with E-state index in [-0.39, 0.29) is 25.5 Å². The van der Waals surface area contributed by atoms with Crippen LogP contribution in [0.1, 0.15) is 19.8 Å². The molecule has 0 heterocycles. The van der Waals surface area contributed by atoms with Gasteiger partial charge in [-0.05, 0) is 13.3 Å². The molecule has 20 heavy (non-hydrogen) atoms. The lowest BCUT2D eigenvalue weighted by atomic mass is 10.2. The van der Waals surface area contributed by atoms with E-state index in [1.165, 1.54) is 0 Å². The van der Waals surface area contributed by atoms with Crippen LogP contribution in [0.15, 0.2) is 12.1 Å². The van der Waals surface area contributed by atoms with Crippen LogP contribution in [0, 0.1) is 21.7 Å². The number of nitrogens with one attached hydrogen (secondary N) is 1. The highest BCUT2D eigenvalue weighted by atomic mass is 19.1. The Morgan fingerprint density at radius 3 is 2.50 bits per heavy atom. The second-order valence-electron chi connectivity index (χ2n) is 3.88. The number of halogens is 2. The standard InChI is InChI=1S/C12H14F2N2O4/c1-2-20-11(17)4-3-5-15-12-9(13)6-8(16(18)19)7-10(12)14/h6-7,15H,2-5H2,1H3. The predicted octanol–water partition coefficient (Wildman–Crippen LogP) is 2.63. The quantitative estimate of drug-likeness (QED) is 0.361. The van der Waals surface area contributed by atoms with E-state index in [9.17, 15) is 23.7 Å². The number of hydrogen-bond acceptors (Lipinski definition) is 5. The fourth-order valence-corrected chi connectivity index (χ4v) is 1.51. The molecule has 1 rings (SSSR count). The Bertz CT molecular complexity index is 485. The SMILES string of the molecule is CCOC(=O)CCCNc1c(F)cc([N+](=O)[O-])cc1F. The molecular formula is C12H14F2N2O4. The molecule has 0 fully saturated rings. The van der Waals surface area contributed by atoms with Crippen LogP contribution in [0.25, 0.3) is 0 Å². The summed E-state index contributed by atoms with van der Waals surface area (Å²) in [7, 11) is 0. The van der Waals surface area contributed by atoms with Crippen LogP contribution >= 0.6 is 0 Å². The second kappa shape index (κ2) is 7.37. The van der Waals surface area contributed by atoms with Gasteiger partial charge >= 0.3 is 5.97 Å². The number of carbonyl (C=O) groups excluding carboxylic acids is 1. The minimum absolute atomic E-state index is 0.122. The number of hydrogen-bond donors (Lipinski definition) is 1. The van der Waals surface area contributed by atoms with Gasteiger partial charge in [0.25, 0.3) is 5.69 Å². The van der Waals surface area contributed by atoms with E-state index >= 15 is 0 Å². The minimum atomic E-state index is -1.05. The summed E-state index contributed by atoms with van der Waals surface area (Å²) >= 11 is 0. The van der Waals surface area contributed by atoms with Crippen molar-refractivity contribution in [2.45, 2.75) is 19.8 Å². The third kappa shape index (κ3) is 4.45. The Morgan fingerprint density at radius 1 is 1.40 bits per heavy atom. The zero-order valence-corrected chi connectivity index (χ0v) is 10.8. The number of anilines is 1. The van der Waals surface area contributed by atoms with Gasteiger partial charge in [0, 0.05) is 13.0 Å². The average Bonchev–Trinajstić information content (AvgIpc) is 2.36. The molecule has 0 atom stereocenters. The van der Waals surface area contributed by atoms with Gasteiger partial charge in [-0.3, -0.25) is 14.9 Å². The van der Waals surface area contributed by atoms with Gasteiger partial charge in [0.2, 0.25) is 0 Å². The molecule has 1 N–H and O–H groups in total. The monoisotopic (exact) mass is 288 g/mol. The van der Waals surface area contributed by atoms with Gasteiger partial charge in [-0.15, -0.1) is 0 Å². The lowest BCUT2D eigenvalue weighted by Crippen LogP contribution is -2.10. The summed E-state index contributed by atoms with van der Waals surface area (Å²) < 4.78 is 31.7. The smallest absolute Gasteiger partial charge is 0.305 e. The van der Waals surface area contributed by atoms with E-state index in [1.807, 2.05) is 0 Å². The first-order valence-corrected chi connectivity index (χ1v) is 5.98. The van der Waals surface area contributed by atoms with Crippen molar-refractivity contribution in [1.29, 1.82) is 0 Å². The zero-order chi connectivity index (χ0) is 15.1. The number of carbonyl (C=O) groups is 1. The number of nitro benzene ring substituents is 1. The number of benzene rings is 1. The molecule has 1 aromatic rings. The number of esters is 1. The summed E-state index contributed by atoms with van der Waals surface area (Å²) in [4.78, 5) is 20.6. The number of nitro groups is 1. The fraction of sp³-hybridized carbons (Fsp3) is 0.417. The number of nitrogens with zero attached hydrogens (tertiary/aromatic N) is 1. The van der Waals surface area contributed by atoms with Crippen LogP contribution in [0.3, 0.4) is 0 Å². The molecule has 110 valence electrons. The van der Waals surface area contributed by atoms with Crippen molar-refractivity contribution in [2.24, 2.45) is 0 Å². The predicted molar refractivity (Wildman–Crippen MR) is 67.4 cm³/mol. The highest BCUT2D eigenvalue weighted by Crippen LogP contribution is 2.24. The van der Waals surface area contributed by atoms with Crippen molar-refractivity contribution in [3.63, 3.8) is 0 Å². The molecule has 0 spiro atoms. The molecule has 0 aliphatic carbocycles. The van der Waals surface area contributed by atoms with Crippen molar-refractivity contribution >= 4 is 17.3 Å². The minimum Gasteiger partial charge on any atom is -0.466 e. The van der Waals surface area contributed by atoms with Gasteiger partial charge in [0.1, 0.15) is 5.69 Å². The summed E-state index contributed by atoms with van der Waals surface area (Å²) in [6.07, 6.45) is 0.450. The van der Waals surface area contributed by atoms with Gasteiger partial charge in [-0.2, -0.15) is 0 Å². The van der Waals surface area contributed by atoms with Crippen molar-refractivity contribution < 1.29 is 23.2 Å². The first kappa shape index (κ1) is 15.8. The lowest BCUT2D eigenvalue weighted by molar-refractivity contribution is -0.385. The van der Waals surface area contributed by atoms with E-state index in [0.717, 1.165) is 0 Å². The molecule has 1 aromatic carbocycles. The van der Waals surface area contributed by atoms with Crippen molar-refractivity contribution in [3.8, 4) is 0 Å². The van der Waals surface area contributed by atoms with Crippen LogP contribution < -0.4 is 5.32 Å². The van der Waals surface area contributed by atoms with Crippen LogP contribution in [0.2, 0.25) is 0 Å². The molecule has 0 saturated heterocycles. The third-order valence-corrected chi connectivity index (χ3v) is 2.40. The summed E-state index contributed by atoms with van der Waals surface area (Å²) in [6, 6.07) is 1.27. The Balaban J connectivity index is 2.56. The molecule has 0 radical (unpaired) electrons. The Kier molecular flexibility index (Phi) is 5.82. The Labute approximate surface area is 113 Å². The lowest BCUT2D eigenvalue weighted by Gasteiger charge is -2.08. The highest BCUT2D eigenvalue weighted by molar-refractivity contribution is 5.69. The third-order valence-electron chi connectivity index (χ3n) is 2.40. The normalized spacial score (nSPS) is 10.2. The maximum absolute atomic E-state index is 13.5. The van der Waals surface area contributed by atoms with Gasteiger partial charge < -0.3 is 10.1 Å².